The summed E-state index contributed by atoms with van der Waals surface area (Å²) in [6.07, 6.45) is 1.53. The highest BCUT2D eigenvalue weighted by Gasteiger charge is 2.28. The van der Waals surface area contributed by atoms with Gasteiger partial charge in [0, 0.05) is 6.54 Å². The second kappa shape index (κ2) is 4.39. The van der Waals surface area contributed by atoms with Crippen molar-refractivity contribution in [1.82, 2.24) is 5.01 Å². The van der Waals surface area contributed by atoms with E-state index in [9.17, 15) is 9.18 Å². The number of hydrogen-bond donors (Lipinski definition) is 1. The zero-order valence-corrected chi connectivity index (χ0v) is 9.38. The maximum absolute atomic E-state index is 13.3. The number of hydrogen-bond acceptors (Lipinski definition) is 2. The van der Waals surface area contributed by atoms with Crippen molar-refractivity contribution in [2.24, 2.45) is 5.84 Å². The number of piperidine rings is 1. The molecular weight excluding hydrogens is 231 g/mol. The first-order chi connectivity index (χ1) is 7.59. The predicted octanol–water partition coefficient (Wildman–Crippen LogP) is 2.06. The molecule has 1 aromatic carbocycles. The minimum Gasteiger partial charge on any atom is -0.280 e. The van der Waals surface area contributed by atoms with Gasteiger partial charge < -0.3 is 0 Å². The van der Waals surface area contributed by atoms with Crippen molar-refractivity contribution in [3.63, 3.8) is 0 Å². The Morgan fingerprint density at radius 1 is 1.50 bits per heavy atom. The molecule has 1 aromatic rings. The number of rotatable bonds is 1. The summed E-state index contributed by atoms with van der Waals surface area (Å²) >= 11 is 5.59. The second-order valence-corrected chi connectivity index (χ2v) is 4.31. The van der Waals surface area contributed by atoms with Gasteiger partial charge in [0.2, 0.25) is 5.91 Å². The molecule has 1 aliphatic rings. The van der Waals surface area contributed by atoms with E-state index < -0.39 is 5.82 Å². The van der Waals surface area contributed by atoms with Crippen LogP contribution in [-0.2, 0) is 4.79 Å². The average molecular weight is 243 g/mol. The van der Waals surface area contributed by atoms with Gasteiger partial charge in [0.05, 0.1) is 10.9 Å². The fourth-order valence-electron chi connectivity index (χ4n) is 1.94. The summed E-state index contributed by atoms with van der Waals surface area (Å²) in [5.74, 6) is 4.54. The first-order valence-corrected chi connectivity index (χ1v) is 5.48. The fourth-order valence-corrected chi connectivity index (χ4v) is 2.06. The normalized spacial score (nSPS) is 21.3. The highest BCUT2D eigenvalue weighted by Crippen LogP contribution is 2.28. The number of nitrogens with two attached hydrogens (primary N) is 1. The Hall–Kier alpha value is -1.13. The first kappa shape index (κ1) is 11.4. The molecule has 1 heterocycles. The van der Waals surface area contributed by atoms with Gasteiger partial charge in [-0.25, -0.2) is 10.2 Å². The number of halogens is 2. The van der Waals surface area contributed by atoms with Gasteiger partial charge >= 0.3 is 0 Å². The third kappa shape index (κ3) is 2.03. The summed E-state index contributed by atoms with van der Waals surface area (Å²) in [7, 11) is 0. The number of nitrogens with zero attached hydrogens (tertiary/aromatic N) is 1. The van der Waals surface area contributed by atoms with Crippen LogP contribution in [0.1, 0.15) is 24.3 Å². The van der Waals surface area contributed by atoms with Gasteiger partial charge in [-0.3, -0.25) is 9.80 Å². The predicted molar refractivity (Wildman–Crippen MR) is 59.3 cm³/mol. The Labute approximate surface area is 98.0 Å². The van der Waals surface area contributed by atoms with E-state index in [-0.39, 0.29) is 16.8 Å². The molecule has 2 N–H and O–H groups in total. The van der Waals surface area contributed by atoms with Crippen LogP contribution in [0.25, 0.3) is 0 Å². The lowest BCUT2D eigenvalue weighted by Crippen LogP contribution is -2.44. The van der Waals surface area contributed by atoms with E-state index in [1.165, 1.54) is 17.1 Å². The molecule has 0 saturated carbocycles. The Kier molecular flexibility index (Phi) is 3.12. The van der Waals surface area contributed by atoms with Crippen LogP contribution in [0.4, 0.5) is 4.39 Å². The number of carbonyl (C=O) groups is 1. The van der Waals surface area contributed by atoms with E-state index >= 15 is 0 Å². The van der Waals surface area contributed by atoms with Gasteiger partial charge in [0.25, 0.3) is 0 Å². The molecule has 1 saturated heterocycles. The Morgan fingerprint density at radius 2 is 2.25 bits per heavy atom. The van der Waals surface area contributed by atoms with Crippen LogP contribution in [0.15, 0.2) is 18.2 Å². The third-order valence-electron chi connectivity index (χ3n) is 2.82. The van der Waals surface area contributed by atoms with Gasteiger partial charge in [-0.2, -0.15) is 0 Å². The van der Waals surface area contributed by atoms with Crippen LogP contribution in [-0.4, -0.2) is 17.5 Å². The van der Waals surface area contributed by atoms with Gasteiger partial charge in [-0.05, 0) is 30.5 Å². The summed E-state index contributed by atoms with van der Waals surface area (Å²) in [4.78, 5) is 11.8. The standard InChI is InChI=1S/C11H12ClFN2O/c12-9-4-3-7(6-10(9)13)8-2-1-5-15(14)11(8)16/h3-4,6,8H,1-2,5,14H2. The van der Waals surface area contributed by atoms with Crippen LogP contribution in [0.3, 0.4) is 0 Å². The van der Waals surface area contributed by atoms with E-state index in [1.54, 1.807) is 6.07 Å². The van der Waals surface area contributed by atoms with Crippen molar-refractivity contribution in [3.8, 4) is 0 Å². The van der Waals surface area contributed by atoms with E-state index in [0.717, 1.165) is 6.42 Å². The molecule has 16 heavy (non-hydrogen) atoms. The smallest absolute Gasteiger partial charge is 0.244 e. The summed E-state index contributed by atoms with van der Waals surface area (Å²) in [6.45, 7) is 0.561. The van der Waals surface area contributed by atoms with E-state index in [4.69, 9.17) is 17.4 Å². The Morgan fingerprint density at radius 3 is 2.94 bits per heavy atom. The zero-order chi connectivity index (χ0) is 11.7. The SMILES string of the molecule is NN1CCCC(c2ccc(Cl)c(F)c2)C1=O. The molecule has 1 amide bonds. The highest BCUT2D eigenvalue weighted by atomic mass is 35.5. The van der Waals surface area contributed by atoms with E-state index in [1.807, 2.05) is 0 Å². The number of hydrazine groups is 1. The van der Waals surface area contributed by atoms with E-state index in [2.05, 4.69) is 0 Å². The van der Waals surface area contributed by atoms with Crippen LogP contribution < -0.4 is 5.84 Å². The maximum Gasteiger partial charge on any atom is 0.244 e. The molecule has 86 valence electrons. The molecule has 1 aliphatic heterocycles. The van der Waals surface area contributed by atoms with Gasteiger partial charge in [0.15, 0.2) is 0 Å². The minimum absolute atomic E-state index is 0.0663. The molecule has 1 fully saturated rings. The summed E-state index contributed by atoms with van der Waals surface area (Å²) in [6, 6.07) is 4.45. The molecule has 1 unspecified atom stereocenters. The molecule has 0 bridgehead atoms. The number of carbonyl (C=O) groups excluding carboxylic acids is 1. The molecule has 0 radical (unpaired) electrons. The molecule has 5 heteroatoms. The molecule has 0 aliphatic carbocycles. The maximum atomic E-state index is 13.3. The summed E-state index contributed by atoms with van der Waals surface area (Å²) in [5, 5.41) is 1.26. The topological polar surface area (TPSA) is 46.3 Å². The molecule has 0 aromatic heterocycles. The molecule has 0 spiro atoms. The fraction of sp³-hybridized carbons (Fsp3) is 0.364. The van der Waals surface area contributed by atoms with Crippen LogP contribution in [0, 0.1) is 5.82 Å². The molecular formula is C11H12ClFN2O. The highest BCUT2D eigenvalue weighted by molar-refractivity contribution is 6.30. The quantitative estimate of drug-likeness (QED) is 0.605. The lowest BCUT2D eigenvalue weighted by atomic mass is 9.90. The van der Waals surface area contributed by atoms with E-state index in [0.29, 0.717) is 18.5 Å². The van der Waals surface area contributed by atoms with Crippen molar-refractivity contribution < 1.29 is 9.18 Å². The largest absolute Gasteiger partial charge is 0.280 e. The van der Waals surface area contributed by atoms with Crippen molar-refractivity contribution in [2.45, 2.75) is 18.8 Å². The van der Waals surface area contributed by atoms with Gasteiger partial charge in [0.1, 0.15) is 5.82 Å². The summed E-state index contributed by atoms with van der Waals surface area (Å²) < 4.78 is 13.3. The third-order valence-corrected chi connectivity index (χ3v) is 3.13. The molecule has 3 nitrogen and oxygen atoms in total. The lowest BCUT2D eigenvalue weighted by molar-refractivity contribution is -0.135. The van der Waals surface area contributed by atoms with Crippen molar-refractivity contribution in [3.05, 3.63) is 34.6 Å². The second-order valence-electron chi connectivity index (χ2n) is 3.90. The first-order valence-electron chi connectivity index (χ1n) is 5.10. The van der Waals surface area contributed by atoms with Crippen LogP contribution in [0.5, 0.6) is 0 Å². The van der Waals surface area contributed by atoms with Crippen molar-refractivity contribution >= 4 is 17.5 Å². The van der Waals surface area contributed by atoms with Crippen molar-refractivity contribution in [1.29, 1.82) is 0 Å². The minimum atomic E-state index is -0.499. The van der Waals surface area contributed by atoms with Crippen LogP contribution in [0.2, 0.25) is 5.02 Å². The average Bonchev–Trinajstić information content (AvgIpc) is 2.26. The van der Waals surface area contributed by atoms with Gasteiger partial charge in [-0.15, -0.1) is 0 Å². The zero-order valence-electron chi connectivity index (χ0n) is 8.62. The Bertz CT molecular complexity index is 424. The summed E-state index contributed by atoms with van der Waals surface area (Å²) in [5.41, 5.74) is 0.641. The molecule has 1 atom stereocenters. The number of amides is 1. The monoisotopic (exact) mass is 242 g/mol. The van der Waals surface area contributed by atoms with Gasteiger partial charge in [-0.1, -0.05) is 17.7 Å². The number of benzene rings is 1. The van der Waals surface area contributed by atoms with Crippen LogP contribution >= 0.6 is 11.6 Å². The lowest BCUT2D eigenvalue weighted by Gasteiger charge is -2.28. The Balaban J connectivity index is 2.29. The molecule has 2 rings (SSSR count). The van der Waals surface area contributed by atoms with Crippen molar-refractivity contribution in [2.75, 3.05) is 6.54 Å².